The minimum atomic E-state index is -3.46. The van der Waals surface area contributed by atoms with Gasteiger partial charge in [0, 0.05) is 18.8 Å². The minimum Gasteiger partial charge on any atom is -0.307 e. The number of rotatable bonds is 6. The predicted molar refractivity (Wildman–Crippen MR) is 93.9 cm³/mol. The van der Waals surface area contributed by atoms with Gasteiger partial charge < -0.3 is 5.32 Å². The average Bonchev–Trinajstić information content (AvgIpc) is 2.53. The van der Waals surface area contributed by atoms with E-state index in [2.05, 4.69) is 15.0 Å². The quantitative estimate of drug-likeness (QED) is 0.787. The topological polar surface area (TPSA) is 88.2 Å². The summed E-state index contributed by atoms with van der Waals surface area (Å²) in [5.41, 5.74) is 1.72. The highest BCUT2D eigenvalue weighted by Gasteiger charge is 2.11. The smallest absolute Gasteiger partial charge is 0.249 e. The van der Waals surface area contributed by atoms with Gasteiger partial charge in [0.2, 0.25) is 15.9 Å². The lowest BCUT2D eigenvalue weighted by molar-refractivity contribution is -0.111. The van der Waals surface area contributed by atoms with Crippen LogP contribution < -0.4 is 10.0 Å². The van der Waals surface area contributed by atoms with Gasteiger partial charge in [-0.05, 0) is 48.4 Å². The monoisotopic (exact) mass is 345 g/mol. The standard InChI is InChI=1S/C17H19N3O3S/c1-3-19-24(22,23)15-7-4-14(5-8-15)6-9-17(21)20-16-12-13(2)10-11-18-16/h4-12,19H,3H2,1-2H3,(H,18,20,21). The molecule has 2 N–H and O–H groups in total. The number of carbonyl (C=O) groups is 1. The molecule has 24 heavy (non-hydrogen) atoms. The molecule has 0 saturated heterocycles. The average molecular weight is 345 g/mol. The van der Waals surface area contributed by atoms with Crippen molar-refractivity contribution in [2.45, 2.75) is 18.7 Å². The second kappa shape index (κ2) is 7.85. The van der Waals surface area contributed by atoms with Crippen LogP contribution in [-0.4, -0.2) is 25.9 Å². The number of carbonyl (C=O) groups excluding carboxylic acids is 1. The first-order valence-corrected chi connectivity index (χ1v) is 8.90. The van der Waals surface area contributed by atoms with E-state index in [1.807, 2.05) is 13.0 Å². The summed E-state index contributed by atoms with van der Waals surface area (Å²) >= 11 is 0. The summed E-state index contributed by atoms with van der Waals surface area (Å²) in [7, 11) is -3.46. The number of sulfonamides is 1. The van der Waals surface area contributed by atoms with Crippen LogP contribution in [0, 0.1) is 6.92 Å². The van der Waals surface area contributed by atoms with Crippen LogP contribution in [0.1, 0.15) is 18.1 Å². The van der Waals surface area contributed by atoms with Gasteiger partial charge in [0.25, 0.3) is 0 Å². The summed E-state index contributed by atoms with van der Waals surface area (Å²) in [5.74, 6) is 0.175. The molecule has 1 heterocycles. The fourth-order valence-corrected chi connectivity index (χ4v) is 3.02. The number of benzene rings is 1. The number of nitrogens with zero attached hydrogens (tertiary/aromatic N) is 1. The van der Waals surface area contributed by atoms with Crippen molar-refractivity contribution >= 4 is 27.8 Å². The lowest BCUT2D eigenvalue weighted by atomic mass is 10.2. The number of amides is 1. The molecule has 126 valence electrons. The van der Waals surface area contributed by atoms with Crippen LogP contribution in [0.5, 0.6) is 0 Å². The van der Waals surface area contributed by atoms with Crippen LogP contribution in [0.15, 0.2) is 53.6 Å². The van der Waals surface area contributed by atoms with E-state index in [-0.39, 0.29) is 10.8 Å². The van der Waals surface area contributed by atoms with Gasteiger partial charge in [-0.1, -0.05) is 19.1 Å². The van der Waals surface area contributed by atoms with Crippen molar-refractivity contribution in [1.29, 1.82) is 0 Å². The maximum absolute atomic E-state index is 11.9. The van der Waals surface area contributed by atoms with E-state index < -0.39 is 10.0 Å². The van der Waals surface area contributed by atoms with Gasteiger partial charge in [-0.2, -0.15) is 0 Å². The highest BCUT2D eigenvalue weighted by Crippen LogP contribution is 2.12. The third-order valence-electron chi connectivity index (χ3n) is 3.12. The van der Waals surface area contributed by atoms with Crippen molar-refractivity contribution in [2.24, 2.45) is 0 Å². The first-order valence-electron chi connectivity index (χ1n) is 7.42. The Morgan fingerprint density at radius 2 is 1.92 bits per heavy atom. The molecule has 6 nitrogen and oxygen atoms in total. The zero-order valence-corrected chi connectivity index (χ0v) is 14.3. The highest BCUT2D eigenvalue weighted by molar-refractivity contribution is 7.89. The number of aromatic nitrogens is 1. The maximum Gasteiger partial charge on any atom is 0.249 e. The summed E-state index contributed by atoms with van der Waals surface area (Å²) in [6, 6.07) is 9.88. The molecule has 7 heteroatoms. The number of nitrogens with one attached hydrogen (secondary N) is 2. The summed E-state index contributed by atoms with van der Waals surface area (Å²) in [5, 5.41) is 2.66. The summed E-state index contributed by atoms with van der Waals surface area (Å²) in [4.78, 5) is 16.1. The number of hydrogen-bond donors (Lipinski definition) is 2. The van der Waals surface area contributed by atoms with Crippen molar-refractivity contribution in [1.82, 2.24) is 9.71 Å². The van der Waals surface area contributed by atoms with Gasteiger partial charge in [-0.15, -0.1) is 0 Å². The molecule has 1 aromatic heterocycles. The Morgan fingerprint density at radius 3 is 2.54 bits per heavy atom. The Hall–Kier alpha value is -2.51. The van der Waals surface area contributed by atoms with Crippen LogP contribution in [0.25, 0.3) is 6.08 Å². The zero-order valence-electron chi connectivity index (χ0n) is 13.5. The highest BCUT2D eigenvalue weighted by atomic mass is 32.2. The Morgan fingerprint density at radius 1 is 1.21 bits per heavy atom. The molecule has 2 aromatic rings. The summed E-state index contributed by atoms with van der Waals surface area (Å²) in [6.07, 6.45) is 4.60. The van der Waals surface area contributed by atoms with Crippen molar-refractivity contribution in [3.63, 3.8) is 0 Å². The van der Waals surface area contributed by atoms with Crippen LogP contribution in [-0.2, 0) is 14.8 Å². The van der Waals surface area contributed by atoms with Crippen molar-refractivity contribution in [3.05, 3.63) is 59.8 Å². The van der Waals surface area contributed by atoms with E-state index in [1.54, 1.807) is 37.4 Å². The maximum atomic E-state index is 11.9. The minimum absolute atomic E-state index is 0.190. The molecule has 0 aliphatic rings. The van der Waals surface area contributed by atoms with Gasteiger partial charge in [-0.25, -0.2) is 18.1 Å². The fourth-order valence-electron chi connectivity index (χ4n) is 1.98. The Kier molecular flexibility index (Phi) is 5.83. The van der Waals surface area contributed by atoms with Gasteiger partial charge >= 0.3 is 0 Å². The van der Waals surface area contributed by atoms with Gasteiger partial charge in [0.15, 0.2) is 0 Å². The van der Waals surface area contributed by atoms with Crippen molar-refractivity contribution in [2.75, 3.05) is 11.9 Å². The third-order valence-corrected chi connectivity index (χ3v) is 4.68. The molecule has 0 saturated carbocycles. The second-order valence-electron chi connectivity index (χ2n) is 5.11. The van der Waals surface area contributed by atoms with Gasteiger partial charge in [-0.3, -0.25) is 4.79 Å². The molecule has 0 spiro atoms. The van der Waals surface area contributed by atoms with E-state index in [0.29, 0.717) is 12.4 Å². The number of hydrogen-bond acceptors (Lipinski definition) is 4. The van der Waals surface area contributed by atoms with Crippen molar-refractivity contribution < 1.29 is 13.2 Å². The molecule has 1 amide bonds. The summed E-state index contributed by atoms with van der Waals surface area (Å²) < 4.78 is 26.1. The van der Waals surface area contributed by atoms with E-state index in [0.717, 1.165) is 11.1 Å². The van der Waals surface area contributed by atoms with Crippen LogP contribution >= 0.6 is 0 Å². The molecule has 0 fully saturated rings. The number of pyridine rings is 1. The van der Waals surface area contributed by atoms with E-state index in [1.165, 1.54) is 18.2 Å². The normalized spacial score (nSPS) is 11.6. The molecule has 0 aliphatic carbocycles. The Labute approximate surface area is 141 Å². The van der Waals surface area contributed by atoms with Crippen LogP contribution in [0.4, 0.5) is 5.82 Å². The largest absolute Gasteiger partial charge is 0.307 e. The number of anilines is 1. The zero-order chi connectivity index (χ0) is 17.6. The van der Waals surface area contributed by atoms with Gasteiger partial charge in [0.05, 0.1) is 4.90 Å². The predicted octanol–water partition coefficient (Wildman–Crippen LogP) is 2.34. The lowest BCUT2D eigenvalue weighted by Gasteiger charge is -2.04. The second-order valence-corrected chi connectivity index (χ2v) is 6.88. The first-order chi connectivity index (χ1) is 11.4. The van der Waals surface area contributed by atoms with E-state index in [9.17, 15) is 13.2 Å². The van der Waals surface area contributed by atoms with E-state index in [4.69, 9.17) is 0 Å². The third kappa shape index (κ3) is 5.00. The molecule has 0 bridgehead atoms. The fraction of sp³-hybridized carbons (Fsp3) is 0.176. The van der Waals surface area contributed by atoms with Crippen LogP contribution in [0.3, 0.4) is 0 Å². The lowest BCUT2D eigenvalue weighted by Crippen LogP contribution is -2.22. The molecule has 0 unspecified atom stereocenters. The molecule has 0 aliphatic heterocycles. The molecule has 2 rings (SSSR count). The number of aryl methyl sites for hydroxylation is 1. The Bertz CT molecular complexity index is 844. The molecular weight excluding hydrogens is 326 g/mol. The molecule has 0 radical (unpaired) electrons. The van der Waals surface area contributed by atoms with Crippen molar-refractivity contribution in [3.8, 4) is 0 Å². The molecule has 1 aromatic carbocycles. The SMILES string of the molecule is CCNS(=O)(=O)c1ccc(C=CC(=O)Nc2cc(C)ccn2)cc1. The van der Waals surface area contributed by atoms with E-state index >= 15 is 0 Å². The molecular formula is C17H19N3O3S. The first kappa shape index (κ1) is 17.8. The Balaban J connectivity index is 2.03. The van der Waals surface area contributed by atoms with Crippen LogP contribution in [0.2, 0.25) is 0 Å². The van der Waals surface area contributed by atoms with Gasteiger partial charge in [0.1, 0.15) is 5.82 Å². The summed E-state index contributed by atoms with van der Waals surface area (Å²) in [6.45, 7) is 3.96. The molecule has 0 atom stereocenters.